The Morgan fingerprint density at radius 3 is 1.64 bits per heavy atom. The van der Waals surface area contributed by atoms with Crippen LogP contribution in [0.25, 0.3) is 0 Å². The molecule has 0 bridgehead atoms. The molecule has 68 valence electrons. The number of carbonyl (C=O) groups excluding carboxylic acids is 3. The van der Waals surface area contributed by atoms with Crippen LogP contribution in [0.5, 0.6) is 0 Å². The van der Waals surface area contributed by atoms with Gasteiger partial charge in [-0.2, -0.15) is 0 Å². The Bertz CT molecular complexity index is 204. The molecule has 0 aliphatic rings. The third kappa shape index (κ3) is 12.6. The van der Waals surface area contributed by atoms with Crippen molar-refractivity contribution in [2.45, 2.75) is 25.7 Å². The van der Waals surface area contributed by atoms with Crippen molar-refractivity contribution < 1.29 is 83.7 Å². The minimum Gasteiger partial charge on any atom is -0.550 e. The van der Waals surface area contributed by atoms with Crippen LogP contribution in [0.1, 0.15) is 25.7 Å². The van der Waals surface area contributed by atoms with Gasteiger partial charge in [-0.3, -0.25) is 4.79 Å². The molecule has 0 aliphatic carbocycles. The maximum absolute atomic E-state index is 10.4. The Labute approximate surface area is 126 Å². The molecule has 0 saturated carbocycles. The molecule has 0 radical (unpaired) electrons. The summed E-state index contributed by atoms with van der Waals surface area (Å²) in [5.41, 5.74) is 0. The number of rotatable bonds is 6. The van der Waals surface area contributed by atoms with Gasteiger partial charge in [0.1, 0.15) is 5.97 Å². The van der Waals surface area contributed by atoms with Crippen molar-refractivity contribution >= 4 is 17.7 Å². The second kappa shape index (κ2) is 11.7. The predicted molar refractivity (Wildman–Crippen MR) is 33.5 cm³/mol. The van der Waals surface area contributed by atoms with Crippen LogP contribution in [0.4, 0.5) is 0 Å². The van der Waals surface area contributed by atoms with Gasteiger partial charge < -0.3 is 19.8 Å². The van der Waals surface area contributed by atoms with Crippen LogP contribution in [-0.2, 0) is 14.4 Å². The van der Waals surface area contributed by atoms with E-state index in [9.17, 15) is 24.6 Å². The Kier molecular flexibility index (Phi) is 16.8. The van der Waals surface area contributed by atoms with Crippen LogP contribution >= 0.6 is 0 Å². The van der Waals surface area contributed by atoms with E-state index in [4.69, 9.17) is 0 Å². The molecular weight excluding hydrogens is 210 g/mol. The molecular formula is C7H8Na2O5. The van der Waals surface area contributed by atoms with Crippen molar-refractivity contribution in [1.82, 2.24) is 0 Å². The van der Waals surface area contributed by atoms with Crippen LogP contribution in [0.2, 0.25) is 0 Å². The van der Waals surface area contributed by atoms with Gasteiger partial charge in [-0.1, -0.05) is 0 Å². The van der Waals surface area contributed by atoms with E-state index in [1.54, 1.807) is 0 Å². The number of hydrogen-bond donors (Lipinski definition) is 0. The van der Waals surface area contributed by atoms with E-state index in [2.05, 4.69) is 0 Å². The van der Waals surface area contributed by atoms with E-state index in [-0.39, 0.29) is 84.8 Å². The van der Waals surface area contributed by atoms with E-state index >= 15 is 0 Å². The predicted octanol–water partition coefficient (Wildman–Crippen LogP) is -8.38. The number of ketones is 1. The zero-order valence-corrected chi connectivity index (χ0v) is 12.4. The molecule has 0 aromatic heterocycles. The molecule has 0 saturated heterocycles. The smallest absolute Gasteiger partial charge is 0.550 e. The standard InChI is InChI=1S/C7H10O5.2Na/c8-5(7(11)12)3-1-2-4-6(9)10;;/h1-4H2,(H,9,10)(H,11,12);;/q;2*+1/p-2. The molecule has 7 heteroatoms. The van der Waals surface area contributed by atoms with Gasteiger partial charge in [0.15, 0.2) is 5.78 Å². The molecule has 0 aromatic carbocycles. The summed E-state index contributed by atoms with van der Waals surface area (Å²) < 4.78 is 0. The summed E-state index contributed by atoms with van der Waals surface area (Å²) in [5, 5.41) is 19.7. The van der Waals surface area contributed by atoms with Gasteiger partial charge in [-0.25, -0.2) is 0 Å². The third-order valence-electron chi connectivity index (χ3n) is 1.26. The van der Waals surface area contributed by atoms with Crippen molar-refractivity contribution in [3.05, 3.63) is 0 Å². The van der Waals surface area contributed by atoms with Gasteiger partial charge in [0, 0.05) is 12.4 Å². The van der Waals surface area contributed by atoms with Gasteiger partial charge in [0.05, 0.1) is 0 Å². The van der Waals surface area contributed by atoms with Gasteiger partial charge in [-0.15, -0.1) is 0 Å². The zero-order chi connectivity index (χ0) is 9.56. The summed E-state index contributed by atoms with van der Waals surface area (Å²) in [7, 11) is 0. The average Bonchev–Trinajstić information content (AvgIpc) is 1.97. The number of Topliss-reactive ketones (excluding diaryl/α,β-unsaturated/α-hetero) is 1. The molecule has 0 aliphatic heterocycles. The number of carbonyl (C=O) groups is 3. The maximum atomic E-state index is 10.4. The van der Waals surface area contributed by atoms with Crippen LogP contribution in [-0.4, -0.2) is 17.7 Å². The van der Waals surface area contributed by atoms with Gasteiger partial charge >= 0.3 is 59.1 Å². The molecule has 0 spiro atoms. The molecule has 0 aromatic rings. The first-order valence-electron chi connectivity index (χ1n) is 3.48. The summed E-state index contributed by atoms with van der Waals surface area (Å²) in [6, 6.07) is 0. The summed E-state index contributed by atoms with van der Waals surface area (Å²) in [5.74, 6) is -3.91. The first-order chi connectivity index (χ1) is 5.54. The Morgan fingerprint density at radius 1 is 0.857 bits per heavy atom. The molecule has 0 unspecified atom stereocenters. The van der Waals surface area contributed by atoms with Gasteiger partial charge in [-0.05, 0) is 19.3 Å². The number of carboxylic acids is 2. The van der Waals surface area contributed by atoms with E-state index in [1.807, 2.05) is 0 Å². The first kappa shape index (κ1) is 20.1. The monoisotopic (exact) mass is 218 g/mol. The zero-order valence-electron chi connectivity index (χ0n) is 8.37. The number of hydrogen-bond acceptors (Lipinski definition) is 5. The SMILES string of the molecule is O=C([O-])CCCCC(=O)C(=O)[O-].[Na+].[Na+]. The third-order valence-corrected chi connectivity index (χ3v) is 1.26. The summed E-state index contributed by atoms with van der Waals surface area (Å²) in [6.07, 6.45) is 0.165. The summed E-state index contributed by atoms with van der Waals surface area (Å²) in [6.45, 7) is 0. The molecule has 0 amide bonds. The van der Waals surface area contributed by atoms with Gasteiger partial charge in [0.25, 0.3) is 0 Å². The van der Waals surface area contributed by atoms with E-state index in [0.29, 0.717) is 0 Å². The molecule has 5 nitrogen and oxygen atoms in total. The molecule has 0 atom stereocenters. The van der Waals surface area contributed by atoms with Crippen LogP contribution < -0.4 is 69.3 Å². The Balaban J connectivity index is -0.000000605. The van der Waals surface area contributed by atoms with E-state index in [1.165, 1.54) is 0 Å². The molecule has 0 heterocycles. The summed E-state index contributed by atoms with van der Waals surface area (Å²) in [4.78, 5) is 30.1. The van der Waals surface area contributed by atoms with Crippen molar-refractivity contribution in [2.75, 3.05) is 0 Å². The fraction of sp³-hybridized carbons (Fsp3) is 0.571. The normalized spacial score (nSPS) is 8.00. The van der Waals surface area contributed by atoms with Crippen molar-refractivity contribution in [1.29, 1.82) is 0 Å². The van der Waals surface area contributed by atoms with E-state index < -0.39 is 17.7 Å². The van der Waals surface area contributed by atoms with Crippen LogP contribution in [0.3, 0.4) is 0 Å². The Hall–Kier alpha value is 0.610. The Morgan fingerprint density at radius 2 is 1.29 bits per heavy atom. The molecule has 0 fully saturated rings. The minimum atomic E-state index is -1.72. The topological polar surface area (TPSA) is 97.3 Å². The maximum Gasteiger partial charge on any atom is 1.00 e. The second-order valence-electron chi connectivity index (χ2n) is 2.29. The van der Waals surface area contributed by atoms with Crippen molar-refractivity contribution in [3.8, 4) is 0 Å². The second-order valence-corrected chi connectivity index (χ2v) is 2.29. The minimum absolute atomic E-state index is 0. The number of carboxylic acid groups (broad SMARTS) is 2. The summed E-state index contributed by atoms with van der Waals surface area (Å²) >= 11 is 0. The first-order valence-corrected chi connectivity index (χ1v) is 3.48. The number of aliphatic carboxylic acids is 2. The molecule has 0 rings (SSSR count). The fourth-order valence-electron chi connectivity index (χ4n) is 0.657. The van der Waals surface area contributed by atoms with Crippen molar-refractivity contribution in [3.63, 3.8) is 0 Å². The molecule has 0 N–H and O–H groups in total. The van der Waals surface area contributed by atoms with Gasteiger partial charge in [0.2, 0.25) is 0 Å². The quantitative estimate of drug-likeness (QED) is 0.250. The largest absolute Gasteiger partial charge is 1.00 e. The average molecular weight is 218 g/mol. The van der Waals surface area contributed by atoms with Crippen LogP contribution in [0, 0.1) is 0 Å². The van der Waals surface area contributed by atoms with E-state index in [0.717, 1.165) is 0 Å². The number of unbranched alkanes of at least 4 members (excludes halogenated alkanes) is 1. The molecule has 14 heavy (non-hydrogen) atoms. The van der Waals surface area contributed by atoms with Crippen LogP contribution in [0.15, 0.2) is 0 Å². The fourth-order valence-corrected chi connectivity index (χ4v) is 0.657. The van der Waals surface area contributed by atoms with Crippen molar-refractivity contribution in [2.24, 2.45) is 0 Å².